The number of aromatic nitrogens is 2. The van der Waals surface area contributed by atoms with Crippen LogP contribution >= 0.6 is 0 Å². The van der Waals surface area contributed by atoms with Gasteiger partial charge in [-0.05, 0) is 33.0 Å². The van der Waals surface area contributed by atoms with Gasteiger partial charge in [0.1, 0.15) is 11.6 Å². The smallest absolute Gasteiger partial charge is 0.121 e. The van der Waals surface area contributed by atoms with E-state index in [1.165, 1.54) is 0 Å². The van der Waals surface area contributed by atoms with Gasteiger partial charge in [0.05, 0.1) is 37.3 Å². The molecule has 2 atom stereocenters. The van der Waals surface area contributed by atoms with Gasteiger partial charge in [-0.1, -0.05) is 0 Å². The first-order chi connectivity index (χ1) is 10.2. The number of fused-ring (bicyclic) bond motifs is 1. The summed E-state index contributed by atoms with van der Waals surface area (Å²) in [6.07, 6.45) is 0. The third kappa shape index (κ3) is 2.40. The van der Waals surface area contributed by atoms with Crippen molar-refractivity contribution < 1.29 is 9.47 Å². The van der Waals surface area contributed by atoms with E-state index in [0.717, 1.165) is 35.8 Å². The Kier molecular flexibility index (Phi) is 3.87. The number of nitrogens with one attached hydrogen (secondary N) is 1. The molecular formula is C16H23N3O2. The fourth-order valence-corrected chi connectivity index (χ4v) is 3.12. The number of ether oxygens (including phenoxy) is 2. The minimum atomic E-state index is 0.288. The number of benzene rings is 1. The topological polar surface area (TPSA) is 48.3 Å². The third-order valence-corrected chi connectivity index (χ3v) is 4.22. The SMILES string of the molecule is CNC1COCC1c1nc2cc(OC)ccc2n1C(C)C. The Balaban J connectivity index is 2.14. The molecule has 0 radical (unpaired) electrons. The number of hydrogen-bond acceptors (Lipinski definition) is 4. The molecule has 0 saturated carbocycles. The molecule has 1 fully saturated rings. The second-order valence-electron chi connectivity index (χ2n) is 5.83. The largest absolute Gasteiger partial charge is 0.497 e. The van der Waals surface area contributed by atoms with Crippen LogP contribution in [-0.2, 0) is 4.74 Å². The summed E-state index contributed by atoms with van der Waals surface area (Å²) in [7, 11) is 3.67. The number of likely N-dealkylation sites (N-methyl/N-ethyl adjacent to an activating group) is 1. The quantitative estimate of drug-likeness (QED) is 0.938. The van der Waals surface area contributed by atoms with Gasteiger partial charge in [0.15, 0.2) is 0 Å². The predicted molar refractivity (Wildman–Crippen MR) is 83.1 cm³/mol. The maximum absolute atomic E-state index is 5.65. The van der Waals surface area contributed by atoms with Gasteiger partial charge < -0.3 is 19.4 Å². The van der Waals surface area contributed by atoms with Gasteiger partial charge in [-0.25, -0.2) is 4.98 Å². The lowest BCUT2D eigenvalue weighted by atomic mass is 10.0. The van der Waals surface area contributed by atoms with E-state index in [0.29, 0.717) is 12.1 Å². The van der Waals surface area contributed by atoms with E-state index in [4.69, 9.17) is 14.5 Å². The summed E-state index contributed by atoms with van der Waals surface area (Å²) in [6.45, 7) is 5.85. The first kappa shape index (κ1) is 14.4. The molecule has 1 aliphatic heterocycles. The van der Waals surface area contributed by atoms with E-state index in [1.807, 2.05) is 19.2 Å². The van der Waals surface area contributed by atoms with Gasteiger partial charge >= 0.3 is 0 Å². The molecule has 1 aromatic heterocycles. The van der Waals surface area contributed by atoms with Crippen molar-refractivity contribution in [2.75, 3.05) is 27.4 Å². The zero-order valence-corrected chi connectivity index (χ0v) is 13.1. The van der Waals surface area contributed by atoms with Crippen LogP contribution in [0.4, 0.5) is 0 Å². The van der Waals surface area contributed by atoms with Crippen LogP contribution in [0.25, 0.3) is 11.0 Å². The van der Waals surface area contributed by atoms with Crippen molar-refractivity contribution in [1.29, 1.82) is 0 Å². The van der Waals surface area contributed by atoms with Crippen LogP contribution in [0, 0.1) is 0 Å². The summed E-state index contributed by atoms with van der Waals surface area (Å²) in [5.41, 5.74) is 2.14. The second kappa shape index (κ2) is 5.66. The van der Waals surface area contributed by atoms with Gasteiger partial charge in [0, 0.05) is 18.2 Å². The van der Waals surface area contributed by atoms with Crippen molar-refractivity contribution >= 4 is 11.0 Å². The van der Waals surface area contributed by atoms with Crippen molar-refractivity contribution in [1.82, 2.24) is 14.9 Å². The number of methoxy groups -OCH3 is 1. The fraction of sp³-hybridized carbons (Fsp3) is 0.562. The van der Waals surface area contributed by atoms with Gasteiger partial charge in [0.25, 0.3) is 0 Å². The molecule has 3 rings (SSSR count). The monoisotopic (exact) mass is 289 g/mol. The molecule has 5 nitrogen and oxygen atoms in total. The first-order valence-electron chi connectivity index (χ1n) is 7.46. The average molecular weight is 289 g/mol. The van der Waals surface area contributed by atoms with Crippen molar-refractivity contribution in [2.24, 2.45) is 0 Å². The molecule has 0 bridgehead atoms. The molecule has 1 N–H and O–H groups in total. The minimum Gasteiger partial charge on any atom is -0.497 e. The maximum Gasteiger partial charge on any atom is 0.121 e. The summed E-state index contributed by atoms with van der Waals surface area (Å²) < 4.78 is 13.3. The van der Waals surface area contributed by atoms with Crippen LogP contribution in [0.3, 0.4) is 0 Å². The predicted octanol–water partition coefficient (Wildman–Crippen LogP) is 2.33. The lowest BCUT2D eigenvalue weighted by molar-refractivity contribution is 0.187. The van der Waals surface area contributed by atoms with Gasteiger partial charge in [0.2, 0.25) is 0 Å². The van der Waals surface area contributed by atoms with Gasteiger partial charge in [-0.15, -0.1) is 0 Å². The van der Waals surface area contributed by atoms with E-state index < -0.39 is 0 Å². The van der Waals surface area contributed by atoms with E-state index in [1.54, 1.807) is 7.11 Å². The van der Waals surface area contributed by atoms with Crippen molar-refractivity contribution in [3.05, 3.63) is 24.0 Å². The van der Waals surface area contributed by atoms with E-state index in [-0.39, 0.29) is 5.92 Å². The average Bonchev–Trinajstić information content (AvgIpc) is 3.09. The Labute approximate surface area is 125 Å². The molecule has 0 amide bonds. The van der Waals surface area contributed by atoms with Crippen molar-refractivity contribution in [2.45, 2.75) is 31.8 Å². The summed E-state index contributed by atoms with van der Waals surface area (Å²) >= 11 is 0. The molecule has 0 aliphatic carbocycles. The van der Waals surface area contributed by atoms with Crippen LogP contribution in [0.5, 0.6) is 5.75 Å². The number of nitrogens with zero attached hydrogens (tertiary/aromatic N) is 2. The molecule has 1 saturated heterocycles. The molecule has 21 heavy (non-hydrogen) atoms. The maximum atomic E-state index is 5.65. The Hall–Kier alpha value is -1.59. The highest BCUT2D eigenvalue weighted by Crippen LogP contribution is 2.32. The molecule has 1 aliphatic rings. The van der Waals surface area contributed by atoms with Crippen LogP contribution in [0.2, 0.25) is 0 Å². The Bertz CT molecular complexity index is 636. The van der Waals surface area contributed by atoms with Crippen molar-refractivity contribution in [3.63, 3.8) is 0 Å². The molecule has 114 valence electrons. The van der Waals surface area contributed by atoms with Crippen molar-refractivity contribution in [3.8, 4) is 5.75 Å². The molecule has 0 spiro atoms. The second-order valence-corrected chi connectivity index (χ2v) is 5.83. The molecule has 2 heterocycles. The Morgan fingerprint density at radius 3 is 2.86 bits per heavy atom. The highest BCUT2D eigenvalue weighted by Gasteiger charge is 2.33. The van der Waals surface area contributed by atoms with Crippen LogP contribution in [0.15, 0.2) is 18.2 Å². The highest BCUT2D eigenvalue weighted by molar-refractivity contribution is 5.78. The van der Waals surface area contributed by atoms with E-state index in [9.17, 15) is 0 Å². The normalized spacial score (nSPS) is 22.3. The summed E-state index contributed by atoms with van der Waals surface area (Å²) in [5, 5.41) is 3.34. The van der Waals surface area contributed by atoms with Gasteiger partial charge in [-0.3, -0.25) is 0 Å². The standard InChI is InChI=1S/C16H23N3O2/c1-10(2)19-15-6-5-11(20-4)7-13(15)18-16(19)12-8-21-9-14(12)17-3/h5-7,10,12,14,17H,8-9H2,1-4H3. The van der Waals surface area contributed by atoms with Crippen LogP contribution in [-0.4, -0.2) is 43.0 Å². The molecule has 2 unspecified atom stereocenters. The molecule has 5 heteroatoms. The van der Waals surface area contributed by atoms with E-state index in [2.05, 4.69) is 29.8 Å². The zero-order chi connectivity index (χ0) is 15.0. The highest BCUT2D eigenvalue weighted by atomic mass is 16.5. The first-order valence-corrected chi connectivity index (χ1v) is 7.46. The van der Waals surface area contributed by atoms with Crippen LogP contribution < -0.4 is 10.1 Å². The number of hydrogen-bond donors (Lipinski definition) is 1. The summed E-state index contributed by atoms with van der Waals surface area (Å²) in [4.78, 5) is 4.89. The summed E-state index contributed by atoms with van der Waals surface area (Å²) in [5.74, 6) is 2.23. The summed E-state index contributed by atoms with van der Waals surface area (Å²) in [6, 6.07) is 6.77. The zero-order valence-electron chi connectivity index (χ0n) is 13.1. The molecule has 1 aromatic carbocycles. The lowest BCUT2D eigenvalue weighted by Gasteiger charge is -2.20. The molecule has 2 aromatic rings. The fourth-order valence-electron chi connectivity index (χ4n) is 3.12. The number of imidazole rings is 1. The lowest BCUT2D eigenvalue weighted by Crippen LogP contribution is -2.32. The minimum absolute atomic E-state index is 0.288. The number of rotatable bonds is 4. The Morgan fingerprint density at radius 1 is 1.38 bits per heavy atom. The Morgan fingerprint density at radius 2 is 2.19 bits per heavy atom. The van der Waals surface area contributed by atoms with Crippen LogP contribution in [0.1, 0.15) is 31.6 Å². The molecular weight excluding hydrogens is 266 g/mol. The third-order valence-electron chi connectivity index (χ3n) is 4.22. The van der Waals surface area contributed by atoms with Gasteiger partial charge in [-0.2, -0.15) is 0 Å². The van der Waals surface area contributed by atoms with E-state index >= 15 is 0 Å².